The molecular weight excluding hydrogens is 196 g/mol. The first-order valence-corrected chi connectivity index (χ1v) is 5.34. The van der Waals surface area contributed by atoms with Crippen LogP contribution in [0.3, 0.4) is 0 Å². The highest BCUT2D eigenvalue weighted by molar-refractivity contribution is 5.62. The summed E-state index contributed by atoms with van der Waals surface area (Å²) in [6, 6.07) is 14.4. The molecule has 3 rings (SSSR count). The van der Waals surface area contributed by atoms with Crippen molar-refractivity contribution < 1.29 is 0 Å². The summed E-state index contributed by atoms with van der Waals surface area (Å²) in [6.07, 6.45) is 4.02. The van der Waals surface area contributed by atoms with Gasteiger partial charge in [-0.15, -0.1) is 0 Å². The van der Waals surface area contributed by atoms with Crippen LogP contribution in [0.25, 0.3) is 16.9 Å². The first kappa shape index (κ1) is 9.16. The fourth-order valence-electron chi connectivity index (χ4n) is 1.90. The number of hydrogen-bond donors (Lipinski definition) is 0. The summed E-state index contributed by atoms with van der Waals surface area (Å²) in [5.41, 5.74) is 3.51. The van der Waals surface area contributed by atoms with Gasteiger partial charge in [0.15, 0.2) is 0 Å². The molecule has 1 aromatic carbocycles. The van der Waals surface area contributed by atoms with Crippen LogP contribution in [0.2, 0.25) is 0 Å². The van der Waals surface area contributed by atoms with Crippen LogP contribution in [0, 0.1) is 6.92 Å². The zero-order valence-corrected chi connectivity index (χ0v) is 9.09. The van der Waals surface area contributed by atoms with Gasteiger partial charge in [-0.1, -0.05) is 36.4 Å². The third-order valence-electron chi connectivity index (χ3n) is 2.71. The van der Waals surface area contributed by atoms with Crippen molar-refractivity contribution in [1.29, 1.82) is 0 Å². The minimum absolute atomic E-state index is 0.999. The molecule has 0 aliphatic rings. The van der Waals surface area contributed by atoms with E-state index in [1.165, 1.54) is 5.56 Å². The van der Waals surface area contributed by atoms with E-state index in [4.69, 9.17) is 0 Å². The van der Waals surface area contributed by atoms with Gasteiger partial charge in [0.1, 0.15) is 5.82 Å². The third-order valence-corrected chi connectivity index (χ3v) is 2.71. The number of fused-ring (bicyclic) bond motifs is 1. The average molecular weight is 208 g/mol. The van der Waals surface area contributed by atoms with E-state index in [2.05, 4.69) is 46.8 Å². The Kier molecular flexibility index (Phi) is 2.00. The first-order chi connectivity index (χ1) is 7.84. The van der Waals surface area contributed by atoms with Crippen molar-refractivity contribution in [2.45, 2.75) is 6.92 Å². The highest BCUT2D eigenvalue weighted by Gasteiger charge is 2.04. The second kappa shape index (κ2) is 3.49. The van der Waals surface area contributed by atoms with Crippen LogP contribution < -0.4 is 0 Å². The van der Waals surface area contributed by atoms with E-state index in [-0.39, 0.29) is 0 Å². The Bertz CT molecular complexity index is 624. The molecule has 0 amide bonds. The summed E-state index contributed by atoms with van der Waals surface area (Å²) in [4.78, 5) is 4.47. The van der Waals surface area contributed by atoms with Crippen LogP contribution >= 0.6 is 0 Å². The minimum atomic E-state index is 0.999. The van der Waals surface area contributed by atoms with Crippen molar-refractivity contribution in [3.63, 3.8) is 0 Å². The Morgan fingerprint density at radius 2 is 1.81 bits per heavy atom. The fraction of sp³-hybridized carbons (Fsp3) is 0.0714. The quantitative estimate of drug-likeness (QED) is 0.599. The molecule has 16 heavy (non-hydrogen) atoms. The Morgan fingerprint density at radius 1 is 1.00 bits per heavy atom. The number of hydrogen-bond acceptors (Lipinski definition) is 1. The van der Waals surface area contributed by atoms with Crippen LogP contribution in [0.1, 0.15) is 5.56 Å². The molecule has 0 N–H and O–H groups in total. The number of aryl methyl sites for hydroxylation is 1. The van der Waals surface area contributed by atoms with Crippen molar-refractivity contribution in [2.24, 2.45) is 0 Å². The molecular formula is C14H12N2. The van der Waals surface area contributed by atoms with Crippen LogP contribution in [0.5, 0.6) is 0 Å². The number of pyridine rings is 1. The summed E-state index contributed by atoms with van der Waals surface area (Å²) in [5, 5.41) is 0. The Morgan fingerprint density at radius 3 is 2.62 bits per heavy atom. The topological polar surface area (TPSA) is 17.3 Å². The highest BCUT2D eigenvalue weighted by Crippen LogP contribution is 2.19. The van der Waals surface area contributed by atoms with Gasteiger partial charge in [-0.2, -0.15) is 0 Å². The molecule has 0 bridgehead atoms. The molecule has 0 fully saturated rings. The van der Waals surface area contributed by atoms with Crippen molar-refractivity contribution in [2.75, 3.05) is 0 Å². The fourth-order valence-corrected chi connectivity index (χ4v) is 1.90. The predicted octanol–water partition coefficient (Wildman–Crippen LogP) is 3.31. The SMILES string of the molecule is Cc1ccc2cnc(-c3ccccc3)n2c1. The van der Waals surface area contributed by atoms with Gasteiger partial charge in [0.2, 0.25) is 0 Å². The molecule has 0 radical (unpaired) electrons. The molecule has 0 spiro atoms. The van der Waals surface area contributed by atoms with Gasteiger partial charge < -0.3 is 0 Å². The Hall–Kier alpha value is -2.09. The zero-order chi connectivity index (χ0) is 11.0. The van der Waals surface area contributed by atoms with Gasteiger partial charge >= 0.3 is 0 Å². The molecule has 2 nitrogen and oxygen atoms in total. The van der Waals surface area contributed by atoms with Gasteiger partial charge in [-0.25, -0.2) is 4.98 Å². The molecule has 2 aromatic heterocycles. The van der Waals surface area contributed by atoms with E-state index in [0.29, 0.717) is 0 Å². The normalized spacial score (nSPS) is 10.8. The van der Waals surface area contributed by atoms with Crippen molar-refractivity contribution in [3.8, 4) is 11.4 Å². The van der Waals surface area contributed by atoms with E-state index in [1.54, 1.807) is 0 Å². The third kappa shape index (κ3) is 1.39. The number of nitrogens with zero attached hydrogens (tertiary/aromatic N) is 2. The average Bonchev–Trinajstić information content (AvgIpc) is 2.73. The lowest BCUT2D eigenvalue weighted by atomic mass is 10.2. The lowest BCUT2D eigenvalue weighted by molar-refractivity contribution is 1.14. The molecule has 2 heteroatoms. The molecule has 78 valence electrons. The Labute approximate surface area is 94.2 Å². The summed E-state index contributed by atoms with van der Waals surface area (Å²) >= 11 is 0. The summed E-state index contributed by atoms with van der Waals surface area (Å²) in [5.74, 6) is 0.999. The zero-order valence-electron chi connectivity index (χ0n) is 9.09. The Balaban J connectivity index is 2.29. The van der Waals surface area contributed by atoms with Crippen molar-refractivity contribution in [1.82, 2.24) is 9.38 Å². The molecule has 0 saturated carbocycles. The highest BCUT2D eigenvalue weighted by atomic mass is 15.0. The minimum Gasteiger partial charge on any atom is -0.300 e. The molecule has 0 aliphatic heterocycles. The molecule has 3 aromatic rings. The number of aromatic nitrogens is 2. The van der Waals surface area contributed by atoms with Gasteiger partial charge in [-0.05, 0) is 18.6 Å². The second-order valence-electron chi connectivity index (χ2n) is 3.95. The van der Waals surface area contributed by atoms with Gasteiger partial charge in [0.25, 0.3) is 0 Å². The predicted molar refractivity (Wildman–Crippen MR) is 65.4 cm³/mol. The second-order valence-corrected chi connectivity index (χ2v) is 3.95. The van der Waals surface area contributed by atoms with E-state index in [0.717, 1.165) is 16.9 Å². The maximum Gasteiger partial charge on any atom is 0.144 e. The van der Waals surface area contributed by atoms with Crippen molar-refractivity contribution >= 4 is 5.52 Å². The van der Waals surface area contributed by atoms with E-state index in [9.17, 15) is 0 Å². The standard InChI is InChI=1S/C14H12N2/c1-11-7-8-13-9-15-14(16(13)10-11)12-5-3-2-4-6-12/h2-10H,1H3. The van der Waals surface area contributed by atoms with E-state index in [1.807, 2.05) is 24.4 Å². The number of benzene rings is 1. The van der Waals surface area contributed by atoms with E-state index >= 15 is 0 Å². The molecule has 0 aliphatic carbocycles. The van der Waals surface area contributed by atoms with Gasteiger partial charge in [-0.3, -0.25) is 4.40 Å². The maximum atomic E-state index is 4.47. The van der Waals surface area contributed by atoms with Crippen molar-refractivity contribution in [3.05, 3.63) is 60.4 Å². The maximum absolute atomic E-state index is 4.47. The summed E-state index contributed by atoms with van der Waals surface area (Å²) in [6.45, 7) is 2.09. The first-order valence-electron chi connectivity index (χ1n) is 5.34. The molecule has 0 saturated heterocycles. The smallest absolute Gasteiger partial charge is 0.144 e. The monoisotopic (exact) mass is 208 g/mol. The van der Waals surface area contributed by atoms with Crippen LogP contribution in [-0.2, 0) is 0 Å². The van der Waals surface area contributed by atoms with E-state index < -0.39 is 0 Å². The summed E-state index contributed by atoms with van der Waals surface area (Å²) < 4.78 is 2.13. The van der Waals surface area contributed by atoms with Crippen LogP contribution in [0.4, 0.5) is 0 Å². The molecule has 0 atom stereocenters. The van der Waals surface area contributed by atoms with Gasteiger partial charge in [0.05, 0.1) is 11.7 Å². The lowest BCUT2D eigenvalue weighted by Gasteiger charge is -2.02. The summed E-state index contributed by atoms with van der Waals surface area (Å²) in [7, 11) is 0. The molecule has 2 heterocycles. The lowest BCUT2D eigenvalue weighted by Crippen LogP contribution is -1.89. The largest absolute Gasteiger partial charge is 0.300 e. The number of imidazole rings is 1. The van der Waals surface area contributed by atoms with Crippen LogP contribution in [-0.4, -0.2) is 9.38 Å². The van der Waals surface area contributed by atoms with Crippen LogP contribution in [0.15, 0.2) is 54.9 Å². The number of rotatable bonds is 1. The van der Waals surface area contributed by atoms with Gasteiger partial charge in [0, 0.05) is 11.8 Å². The molecule has 0 unspecified atom stereocenters.